The Bertz CT molecular complexity index is 1200. The molecule has 0 radical (unpaired) electrons. The third-order valence-electron chi connectivity index (χ3n) is 7.12. The number of fused-ring (bicyclic) bond motifs is 1. The lowest BCUT2D eigenvalue weighted by molar-refractivity contribution is 0.243. The van der Waals surface area contributed by atoms with Crippen LogP contribution in [-0.4, -0.2) is 47.3 Å². The molecule has 190 valence electrons. The van der Waals surface area contributed by atoms with Crippen LogP contribution >= 0.6 is 0 Å². The molecule has 1 saturated carbocycles. The van der Waals surface area contributed by atoms with Crippen LogP contribution in [0.15, 0.2) is 34.9 Å². The molecule has 2 heterocycles. The number of aryl methyl sites for hydroxylation is 2. The second kappa shape index (κ2) is 10.6. The van der Waals surface area contributed by atoms with E-state index in [0.717, 1.165) is 55.9 Å². The fourth-order valence-corrected chi connectivity index (χ4v) is 5.21. The van der Waals surface area contributed by atoms with Gasteiger partial charge in [-0.1, -0.05) is 35.5 Å². The van der Waals surface area contributed by atoms with E-state index in [4.69, 9.17) is 14.5 Å². The minimum Gasteiger partial charge on any atom is -0.362 e. The Balaban J connectivity index is 1.16. The maximum Gasteiger partial charge on any atom is 0.319 e. The maximum atomic E-state index is 12.8. The molecule has 0 aliphatic heterocycles. The highest BCUT2D eigenvalue weighted by atomic mass is 16.5. The molecular weight excluding hydrogens is 454 g/mol. The van der Waals surface area contributed by atoms with Gasteiger partial charge in [-0.3, -0.25) is 0 Å². The Morgan fingerprint density at radius 2 is 1.72 bits per heavy atom. The molecule has 0 spiro atoms. The minimum absolute atomic E-state index is 0.116. The van der Waals surface area contributed by atoms with Gasteiger partial charge < -0.3 is 25.4 Å². The predicted octanol–water partition coefficient (Wildman–Crippen LogP) is 4.93. The van der Waals surface area contributed by atoms with Crippen molar-refractivity contribution in [3.05, 3.63) is 47.3 Å². The largest absolute Gasteiger partial charge is 0.362 e. The van der Waals surface area contributed by atoms with Gasteiger partial charge in [0, 0.05) is 37.3 Å². The van der Waals surface area contributed by atoms with Crippen molar-refractivity contribution in [3.8, 4) is 11.3 Å². The summed E-state index contributed by atoms with van der Waals surface area (Å²) in [7, 11) is 4.10. The number of urea groups is 1. The summed E-state index contributed by atoms with van der Waals surface area (Å²) in [4.78, 5) is 24.6. The van der Waals surface area contributed by atoms with Crippen molar-refractivity contribution >= 4 is 23.5 Å². The molecule has 0 saturated heterocycles. The van der Waals surface area contributed by atoms with Crippen LogP contribution in [-0.2, 0) is 12.8 Å². The third kappa shape index (κ3) is 5.29. The van der Waals surface area contributed by atoms with E-state index in [1.54, 1.807) is 0 Å². The van der Waals surface area contributed by atoms with Crippen molar-refractivity contribution in [1.82, 2.24) is 20.4 Å². The standard InChI is InChI=1S/C27H35N7O2/c1-17-23(24(36-33-17)18-9-5-4-6-10-18)31-27(35)29-20-15-13-19(14-16-20)28-26-30-22-12-8-7-11-21(22)25(32-26)34(2)3/h4-6,9-10,19-20H,7-8,11-16H2,1-3H3,(H,28,30,32)(H2,29,31,35)/t19-,20+. The number of nitrogens with zero attached hydrogens (tertiary/aromatic N) is 4. The van der Waals surface area contributed by atoms with Crippen molar-refractivity contribution in [1.29, 1.82) is 0 Å². The number of hydrogen-bond acceptors (Lipinski definition) is 7. The Hall–Kier alpha value is -3.62. The topological polar surface area (TPSA) is 108 Å². The van der Waals surface area contributed by atoms with E-state index in [0.29, 0.717) is 23.2 Å². The monoisotopic (exact) mass is 489 g/mol. The summed E-state index contributed by atoms with van der Waals surface area (Å²) in [5.41, 5.74) is 4.62. The van der Waals surface area contributed by atoms with Crippen LogP contribution in [0.1, 0.15) is 55.5 Å². The van der Waals surface area contributed by atoms with E-state index >= 15 is 0 Å². The lowest BCUT2D eigenvalue weighted by atomic mass is 9.91. The van der Waals surface area contributed by atoms with Gasteiger partial charge in [0.05, 0.1) is 5.69 Å². The molecule has 9 nitrogen and oxygen atoms in total. The zero-order chi connectivity index (χ0) is 25.1. The molecule has 1 aromatic carbocycles. The van der Waals surface area contributed by atoms with Crippen LogP contribution < -0.4 is 20.9 Å². The smallest absolute Gasteiger partial charge is 0.319 e. The molecule has 5 rings (SSSR count). The number of carbonyl (C=O) groups is 1. The van der Waals surface area contributed by atoms with Gasteiger partial charge in [-0.25, -0.2) is 9.78 Å². The first-order valence-corrected chi connectivity index (χ1v) is 12.9. The van der Waals surface area contributed by atoms with Gasteiger partial charge in [-0.05, 0) is 58.3 Å². The zero-order valence-electron chi connectivity index (χ0n) is 21.3. The molecule has 3 aromatic rings. The quantitative estimate of drug-likeness (QED) is 0.450. The Morgan fingerprint density at radius 3 is 2.47 bits per heavy atom. The molecule has 36 heavy (non-hydrogen) atoms. The van der Waals surface area contributed by atoms with Gasteiger partial charge in [0.1, 0.15) is 17.2 Å². The Morgan fingerprint density at radius 1 is 1.00 bits per heavy atom. The third-order valence-corrected chi connectivity index (χ3v) is 7.12. The summed E-state index contributed by atoms with van der Waals surface area (Å²) in [5.74, 6) is 2.33. The van der Waals surface area contributed by atoms with Crippen LogP contribution in [0.5, 0.6) is 0 Å². The molecule has 9 heteroatoms. The Labute approximate surface area is 212 Å². The zero-order valence-corrected chi connectivity index (χ0v) is 21.3. The fraction of sp³-hybridized carbons (Fsp3) is 0.481. The molecular formula is C27H35N7O2. The summed E-state index contributed by atoms with van der Waals surface area (Å²) in [6.45, 7) is 1.83. The van der Waals surface area contributed by atoms with Crippen LogP contribution in [0, 0.1) is 6.92 Å². The van der Waals surface area contributed by atoms with Crippen molar-refractivity contribution in [2.75, 3.05) is 29.6 Å². The molecule has 2 amide bonds. The number of aromatic nitrogens is 3. The number of carbonyl (C=O) groups excluding carboxylic acids is 1. The van der Waals surface area contributed by atoms with Crippen LogP contribution in [0.3, 0.4) is 0 Å². The normalized spacial score (nSPS) is 19.3. The summed E-state index contributed by atoms with van der Waals surface area (Å²) >= 11 is 0. The first-order chi connectivity index (χ1) is 17.5. The minimum atomic E-state index is -0.233. The second-order valence-corrected chi connectivity index (χ2v) is 10.0. The Kier molecular flexibility index (Phi) is 7.06. The number of rotatable bonds is 6. The van der Waals surface area contributed by atoms with Gasteiger partial charge in [-0.2, -0.15) is 4.98 Å². The number of amides is 2. The SMILES string of the molecule is Cc1noc(-c2ccccc2)c1NC(=O)N[C@H]1CC[C@@H](Nc2nc3c(c(N(C)C)n2)CCCC3)CC1. The van der Waals surface area contributed by atoms with Crippen LogP contribution in [0.25, 0.3) is 11.3 Å². The van der Waals surface area contributed by atoms with Crippen molar-refractivity contribution in [2.24, 2.45) is 0 Å². The summed E-state index contributed by atoms with van der Waals surface area (Å²) in [5, 5.41) is 13.7. The molecule has 2 aromatic heterocycles. The molecule has 1 fully saturated rings. The first-order valence-electron chi connectivity index (χ1n) is 12.9. The highest BCUT2D eigenvalue weighted by Crippen LogP contribution is 2.31. The van der Waals surface area contributed by atoms with Crippen molar-refractivity contribution in [3.63, 3.8) is 0 Å². The number of anilines is 3. The summed E-state index contributed by atoms with van der Waals surface area (Å²) < 4.78 is 5.49. The van der Waals surface area contributed by atoms with E-state index in [2.05, 4.69) is 26.0 Å². The molecule has 0 bridgehead atoms. The van der Waals surface area contributed by atoms with E-state index in [1.165, 1.54) is 24.1 Å². The molecule has 2 aliphatic rings. The summed E-state index contributed by atoms with van der Waals surface area (Å²) in [6, 6.07) is 9.86. The van der Waals surface area contributed by atoms with Gasteiger partial charge >= 0.3 is 6.03 Å². The van der Waals surface area contributed by atoms with E-state index < -0.39 is 0 Å². The number of hydrogen-bond donors (Lipinski definition) is 3. The maximum absolute atomic E-state index is 12.8. The van der Waals surface area contributed by atoms with Crippen LogP contribution in [0.4, 0.5) is 22.2 Å². The highest BCUT2D eigenvalue weighted by molar-refractivity contribution is 5.94. The van der Waals surface area contributed by atoms with Crippen molar-refractivity contribution in [2.45, 2.75) is 70.4 Å². The van der Waals surface area contributed by atoms with E-state index in [1.807, 2.05) is 51.4 Å². The van der Waals surface area contributed by atoms with Gasteiger partial charge in [-0.15, -0.1) is 0 Å². The molecule has 0 unspecified atom stereocenters. The average molecular weight is 490 g/mol. The highest BCUT2D eigenvalue weighted by Gasteiger charge is 2.26. The van der Waals surface area contributed by atoms with Gasteiger partial charge in [0.2, 0.25) is 5.95 Å². The molecule has 0 atom stereocenters. The molecule has 3 N–H and O–H groups in total. The van der Waals surface area contributed by atoms with Gasteiger partial charge in [0.15, 0.2) is 5.76 Å². The van der Waals surface area contributed by atoms with Gasteiger partial charge in [0.25, 0.3) is 0 Å². The second-order valence-electron chi connectivity index (χ2n) is 10.0. The lowest BCUT2D eigenvalue weighted by Gasteiger charge is -2.30. The van der Waals surface area contributed by atoms with E-state index in [-0.39, 0.29) is 12.1 Å². The molecule has 2 aliphatic carbocycles. The number of nitrogens with one attached hydrogen (secondary N) is 3. The fourth-order valence-electron chi connectivity index (χ4n) is 5.21. The summed E-state index contributed by atoms with van der Waals surface area (Å²) in [6.07, 6.45) is 8.17. The predicted molar refractivity (Wildman–Crippen MR) is 141 cm³/mol. The lowest BCUT2D eigenvalue weighted by Crippen LogP contribution is -2.42. The number of benzene rings is 1. The average Bonchev–Trinajstić information content (AvgIpc) is 3.24. The van der Waals surface area contributed by atoms with E-state index in [9.17, 15) is 4.79 Å². The first kappa shape index (κ1) is 24.1. The van der Waals surface area contributed by atoms with Crippen molar-refractivity contribution < 1.29 is 9.32 Å². The van der Waals surface area contributed by atoms with Crippen LogP contribution in [0.2, 0.25) is 0 Å².